The third-order valence-corrected chi connectivity index (χ3v) is 5.26. The Hall–Kier alpha value is -2.04. The number of rotatable bonds is 6. The molecule has 0 saturated carbocycles. The van der Waals surface area contributed by atoms with Crippen LogP contribution in [0.2, 0.25) is 5.02 Å². The summed E-state index contributed by atoms with van der Waals surface area (Å²) in [5, 5.41) is 0.704. The number of likely N-dealkylation sites (tertiary alicyclic amines) is 1. The highest BCUT2D eigenvalue weighted by Gasteiger charge is 2.28. The van der Waals surface area contributed by atoms with Gasteiger partial charge in [-0.15, -0.1) is 0 Å². The Bertz CT molecular complexity index is 700. The van der Waals surface area contributed by atoms with E-state index >= 15 is 0 Å². The highest BCUT2D eigenvalue weighted by Crippen LogP contribution is 2.21. The van der Waals surface area contributed by atoms with Crippen LogP contribution in [0.1, 0.15) is 30.0 Å². The van der Waals surface area contributed by atoms with Crippen LogP contribution >= 0.6 is 11.6 Å². The topological polar surface area (TPSA) is 34.0 Å². The molecule has 3 rings (SSSR count). The van der Waals surface area contributed by atoms with E-state index in [0.29, 0.717) is 5.02 Å². The van der Waals surface area contributed by atoms with Gasteiger partial charge in [-0.3, -0.25) is 4.90 Å². The van der Waals surface area contributed by atoms with Gasteiger partial charge in [0.15, 0.2) is 0 Å². The van der Waals surface area contributed by atoms with Gasteiger partial charge < -0.3 is 9.64 Å². The molecule has 0 radical (unpaired) electrons. The molecule has 0 spiro atoms. The molecule has 1 amide bonds. The summed E-state index contributed by atoms with van der Waals surface area (Å²) in [6, 6.07) is 17.5. The molecule has 0 bridgehead atoms. The average Bonchev–Trinajstić information content (AvgIpc) is 3.18. The third-order valence-electron chi connectivity index (χ3n) is 5.01. The van der Waals surface area contributed by atoms with Crippen LogP contribution < -0.4 is 4.90 Å². The quantitative estimate of drug-likeness (QED) is 0.842. The van der Waals surface area contributed by atoms with E-state index < -0.39 is 0 Å². The van der Waals surface area contributed by atoms with Gasteiger partial charge in [0.2, 0.25) is 0 Å². The molecule has 2 aromatic carbocycles. The molecule has 26 heavy (non-hydrogen) atoms. The number of benzene rings is 2. The Morgan fingerprint density at radius 1 is 1.12 bits per heavy atom. The van der Waals surface area contributed by atoms with E-state index in [-0.39, 0.29) is 18.7 Å². The molecule has 1 fully saturated rings. The van der Waals surface area contributed by atoms with Crippen molar-refractivity contribution in [2.75, 3.05) is 26.7 Å². The zero-order valence-corrected chi connectivity index (χ0v) is 15.9. The van der Waals surface area contributed by atoms with Gasteiger partial charge in [0.25, 0.3) is 0 Å². The molecule has 1 heterocycles. The fraction of sp³-hybridized carbons (Fsp3) is 0.381. The van der Waals surface area contributed by atoms with Crippen molar-refractivity contribution in [3.63, 3.8) is 0 Å². The summed E-state index contributed by atoms with van der Waals surface area (Å²) in [6.07, 6.45) is 2.21. The number of amides is 1. The number of carbonyl (C=O) groups is 1. The number of nitrogens with one attached hydrogen (secondary N) is 1. The zero-order valence-electron chi connectivity index (χ0n) is 15.2. The normalized spacial score (nSPS) is 15.6. The molecule has 1 atom stereocenters. The van der Waals surface area contributed by atoms with E-state index in [2.05, 4.69) is 0 Å². The molecular weight excluding hydrogens is 348 g/mol. The Morgan fingerprint density at radius 2 is 1.77 bits per heavy atom. The van der Waals surface area contributed by atoms with Crippen LogP contribution in [0.4, 0.5) is 4.79 Å². The van der Waals surface area contributed by atoms with E-state index in [4.69, 9.17) is 16.3 Å². The summed E-state index contributed by atoms with van der Waals surface area (Å²) < 4.78 is 5.53. The monoisotopic (exact) mass is 373 g/mol. The predicted octanol–water partition coefficient (Wildman–Crippen LogP) is 3.33. The fourth-order valence-corrected chi connectivity index (χ4v) is 3.59. The van der Waals surface area contributed by atoms with E-state index in [1.807, 2.05) is 61.6 Å². The summed E-state index contributed by atoms with van der Waals surface area (Å²) in [7, 11) is 1.82. The highest BCUT2D eigenvalue weighted by atomic mass is 35.5. The Labute approximate surface area is 160 Å². The largest absolute Gasteiger partial charge is 0.445 e. The van der Waals surface area contributed by atoms with Crippen molar-refractivity contribution in [2.45, 2.75) is 25.5 Å². The van der Waals surface area contributed by atoms with Gasteiger partial charge in [0.1, 0.15) is 19.2 Å². The second kappa shape index (κ2) is 9.06. The Balaban J connectivity index is 1.69. The maximum atomic E-state index is 12.6. The summed E-state index contributed by atoms with van der Waals surface area (Å²) in [4.78, 5) is 15.9. The first-order valence-corrected chi connectivity index (χ1v) is 9.54. The standard InChI is InChI=1S/C21H25ClN2O2/c1-23(21(25)26-16-17-7-3-2-4-8-17)20(15-24-13-5-6-14-24)18-9-11-19(22)12-10-18/h2-4,7-12,20H,5-6,13-16H2,1H3/p+1/t20-/m1/s1. The van der Waals surface area contributed by atoms with Crippen molar-refractivity contribution in [1.82, 2.24) is 4.90 Å². The lowest BCUT2D eigenvalue weighted by Crippen LogP contribution is -3.10. The van der Waals surface area contributed by atoms with E-state index in [0.717, 1.165) is 30.8 Å². The first-order chi connectivity index (χ1) is 12.6. The fourth-order valence-electron chi connectivity index (χ4n) is 3.46. The van der Waals surface area contributed by atoms with Crippen LogP contribution in [-0.2, 0) is 11.3 Å². The van der Waals surface area contributed by atoms with Crippen molar-refractivity contribution < 1.29 is 14.4 Å². The lowest BCUT2D eigenvalue weighted by atomic mass is 10.1. The number of ether oxygens (including phenoxy) is 1. The van der Waals surface area contributed by atoms with Gasteiger partial charge in [0, 0.05) is 24.9 Å². The third kappa shape index (κ3) is 4.99. The second-order valence-electron chi connectivity index (χ2n) is 6.88. The molecule has 4 nitrogen and oxygen atoms in total. The van der Waals surface area contributed by atoms with Gasteiger partial charge in [-0.05, 0) is 23.3 Å². The van der Waals surface area contributed by atoms with Crippen molar-refractivity contribution in [2.24, 2.45) is 0 Å². The minimum atomic E-state index is -0.299. The minimum Gasteiger partial charge on any atom is -0.445 e. The lowest BCUT2D eigenvalue weighted by Gasteiger charge is -2.29. The van der Waals surface area contributed by atoms with Gasteiger partial charge in [-0.2, -0.15) is 0 Å². The maximum Gasteiger partial charge on any atom is 0.410 e. The first kappa shape index (κ1) is 18.7. The number of halogens is 1. The molecule has 0 unspecified atom stereocenters. The van der Waals surface area contributed by atoms with E-state index in [9.17, 15) is 4.79 Å². The molecule has 1 aliphatic rings. The summed E-state index contributed by atoms with van der Waals surface area (Å²) in [5.74, 6) is 0. The summed E-state index contributed by atoms with van der Waals surface area (Å²) >= 11 is 6.04. The van der Waals surface area contributed by atoms with Crippen LogP contribution in [0, 0.1) is 0 Å². The second-order valence-corrected chi connectivity index (χ2v) is 7.32. The number of nitrogens with zero attached hydrogens (tertiary/aromatic N) is 1. The molecule has 1 aliphatic heterocycles. The Kier molecular flexibility index (Phi) is 6.53. The minimum absolute atomic E-state index is 0.0244. The van der Waals surface area contributed by atoms with Crippen molar-refractivity contribution in [3.8, 4) is 0 Å². The molecule has 1 N–H and O–H groups in total. The van der Waals surface area contributed by atoms with Crippen LogP contribution in [0.25, 0.3) is 0 Å². The SMILES string of the molecule is CN(C(=O)OCc1ccccc1)[C@H](C[NH+]1CCCC1)c1ccc(Cl)cc1. The summed E-state index contributed by atoms with van der Waals surface area (Å²) in [6.45, 7) is 3.50. The molecule has 138 valence electrons. The molecular formula is C21H26ClN2O2+. The van der Waals surface area contributed by atoms with Gasteiger partial charge in [-0.1, -0.05) is 54.1 Å². The first-order valence-electron chi connectivity index (χ1n) is 9.16. The predicted molar refractivity (Wildman–Crippen MR) is 103 cm³/mol. The van der Waals surface area contributed by atoms with Crippen molar-refractivity contribution in [3.05, 3.63) is 70.7 Å². The lowest BCUT2D eigenvalue weighted by molar-refractivity contribution is -0.890. The molecule has 1 saturated heterocycles. The average molecular weight is 374 g/mol. The van der Waals surface area contributed by atoms with Gasteiger partial charge in [-0.25, -0.2) is 4.79 Å². The highest BCUT2D eigenvalue weighted by molar-refractivity contribution is 6.30. The summed E-state index contributed by atoms with van der Waals surface area (Å²) in [5.41, 5.74) is 2.08. The molecule has 2 aromatic rings. The van der Waals surface area contributed by atoms with Crippen LogP contribution in [0.3, 0.4) is 0 Å². The van der Waals surface area contributed by atoms with Gasteiger partial charge >= 0.3 is 6.09 Å². The number of likely N-dealkylation sites (N-methyl/N-ethyl adjacent to an activating group) is 1. The number of quaternary nitrogens is 1. The van der Waals surface area contributed by atoms with Crippen molar-refractivity contribution >= 4 is 17.7 Å². The van der Waals surface area contributed by atoms with Crippen molar-refractivity contribution in [1.29, 1.82) is 0 Å². The van der Waals surface area contributed by atoms with E-state index in [1.54, 1.807) is 4.90 Å². The van der Waals surface area contributed by atoms with Crippen LogP contribution in [0.15, 0.2) is 54.6 Å². The zero-order chi connectivity index (χ0) is 18.4. The maximum absolute atomic E-state index is 12.6. The van der Waals surface area contributed by atoms with Crippen LogP contribution in [0.5, 0.6) is 0 Å². The number of hydrogen-bond acceptors (Lipinski definition) is 2. The molecule has 0 aliphatic carbocycles. The Morgan fingerprint density at radius 3 is 2.42 bits per heavy atom. The van der Waals surface area contributed by atoms with Crippen LogP contribution in [-0.4, -0.2) is 37.7 Å². The smallest absolute Gasteiger partial charge is 0.410 e. The molecule has 5 heteroatoms. The number of carbonyl (C=O) groups excluding carboxylic acids is 1. The van der Waals surface area contributed by atoms with Gasteiger partial charge in [0.05, 0.1) is 13.1 Å². The molecule has 0 aromatic heterocycles. The number of hydrogen-bond donors (Lipinski definition) is 1. The van der Waals surface area contributed by atoms with E-state index in [1.165, 1.54) is 17.7 Å².